The van der Waals surface area contributed by atoms with Crippen molar-refractivity contribution in [3.8, 4) is 0 Å². The second-order valence-corrected chi connectivity index (χ2v) is 1.69. The van der Waals surface area contributed by atoms with Crippen LogP contribution in [0.15, 0.2) is 29.9 Å². The molecule has 1 nitrogen and oxygen atoms in total. The fourth-order valence-electron chi connectivity index (χ4n) is 0.467. The maximum atomic E-state index is 11.9. The third-order valence-electron chi connectivity index (χ3n) is 0.845. The number of aliphatic imine (C=N–C) groups is 1. The average Bonchev–Trinajstić information content (AvgIpc) is 1.85. The second kappa shape index (κ2) is 3.95. The summed E-state index contributed by atoms with van der Waals surface area (Å²) in [4.78, 5) is 3.05. The minimum absolute atomic E-state index is 0.864. The zero-order valence-corrected chi connectivity index (χ0v) is 6.02. The van der Waals surface area contributed by atoms with Gasteiger partial charge in [0.05, 0.1) is 0 Å². The Morgan fingerprint density at radius 2 is 2.00 bits per heavy atom. The van der Waals surface area contributed by atoms with E-state index < -0.39 is 11.9 Å². The fourth-order valence-corrected chi connectivity index (χ4v) is 0.467. The summed E-state index contributed by atoms with van der Waals surface area (Å²) in [6.45, 7) is 4.57. The van der Waals surface area contributed by atoms with E-state index in [0.29, 0.717) is 0 Å². The Morgan fingerprint density at radius 1 is 1.45 bits per heavy atom. The van der Waals surface area contributed by atoms with Crippen molar-refractivity contribution < 1.29 is 13.2 Å². The van der Waals surface area contributed by atoms with E-state index in [9.17, 15) is 13.2 Å². The number of allylic oxidation sites excluding steroid dienone is 2. The molecular formula is C7H8F3N. The highest BCUT2D eigenvalue weighted by molar-refractivity contribution is 5.99. The number of hydrogen-bond acceptors (Lipinski definition) is 1. The van der Waals surface area contributed by atoms with Crippen LogP contribution >= 0.6 is 0 Å². The molecule has 0 unspecified atom stereocenters. The predicted octanol–water partition coefficient (Wildman–Crippen LogP) is 2.71. The quantitative estimate of drug-likeness (QED) is 0.555. The Morgan fingerprint density at radius 3 is 2.27 bits per heavy atom. The molecule has 0 aliphatic rings. The molecule has 0 amide bonds. The maximum absolute atomic E-state index is 11.9. The zero-order chi connectivity index (χ0) is 8.91. The molecule has 0 aromatic carbocycles. The molecule has 0 heterocycles. The molecule has 0 aliphatic heterocycles. The van der Waals surface area contributed by atoms with Crippen LogP contribution in [-0.4, -0.2) is 11.9 Å². The van der Waals surface area contributed by atoms with Crippen LogP contribution in [0.3, 0.4) is 0 Å². The van der Waals surface area contributed by atoms with Gasteiger partial charge >= 0.3 is 6.18 Å². The van der Waals surface area contributed by atoms with Crippen LogP contribution in [-0.2, 0) is 0 Å². The second-order valence-electron chi connectivity index (χ2n) is 1.69. The highest BCUT2D eigenvalue weighted by atomic mass is 19.4. The molecule has 0 N–H and O–H groups in total. The van der Waals surface area contributed by atoms with Crippen LogP contribution in [0.2, 0.25) is 0 Å². The molecule has 0 atom stereocenters. The molecule has 0 spiro atoms. The van der Waals surface area contributed by atoms with Crippen LogP contribution < -0.4 is 0 Å². The minimum Gasteiger partial charge on any atom is -0.252 e. The molecule has 0 aromatic rings. The molecule has 0 saturated heterocycles. The van der Waals surface area contributed by atoms with E-state index in [-0.39, 0.29) is 0 Å². The summed E-state index contributed by atoms with van der Waals surface area (Å²) >= 11 is 0. The minimum atomic E-state index is -4.39. The maximum Gasteiger partial charge on any atom is 0.433 e. The van der Waals surface area contributed by atoms with E-state index >= 15 is 0 Å². The summed E-state index contributed by atoms with van der Waals surface area (Å²) in [6.07, 6.45) is -1.36. The van der Waals surface area contributed by atoms with Crippen molar-refractivity contribution in [2.75, 3.05) is 0 Å². The summed E-state index contributed by atoms with van der Waals surface area (Å²) in [6, 6.07) is 0. The van der Waals surface area contributed by atoms with Gasteiger partial charge in [0.25, 0.3) is 0 Å². The molecule has 0 aromatic heterocycles. The third kappa shape index (κ3) is 3.60. The van der Waals surface area contributed by atoms with Gasteiger partial charge in [-0.15, -0.1) is 0 Å². The standard InChI is InChI=1S/C7H8F3N/c1-3-5-6(11-4-2)7(8,9)10/h3-5H,2H2,1H3/b5-3-,11-6?. The number of halogens is 3. The van der Waals surface area contributed by atoms with Crippen LogP contribution in [0.1, 0.15) is 6.92 Å². The van der Waals surface area contributed by atoms with Gasteiger partial charge in [-0.1, -0.05) is 12.7 Å². The van der Waals surface area contributed by atoms with Gasteiger partial charge in [0.2, 0.25) is 0 Å². The number of nitrogens with zero attached hydrogens (tertiary/aromatic N) is 1. The molecule has 0 saturated carbocycles. The molecule has 0 fully saturated rings. The Balaban J connectivity index is 4.61. The van der Waals surface area contributed by atoms with Gasteiger partial charge in [0, 0.05) is 6.20 Å². The van der Waals surface area contributed by atoms with Gasteiger partial charge < -0.3 is 0 Å². The van der Waals surface area contributed by atoms with Gasteiger partial charge in [-0.2, -0.15) is 13.2 Å². The SMILES string of the molecule is C=CN=C(/C=C\C)C(F)(F)F. The summed E-state index contributed by atoms with van der Waals surface area (Å²) in [5.41, 5.74) is -0.935. The third-order valence-corrected chi connectivity index (χ3v) is 0.845. The highest BCUT2D eigenvalue weighted by Gasteiger charge is 2.33. The van der Waals surface area contributed by atoms with E-state index in [4.69, 9.17) is 0 Å². The van der Waals surface area contributed by atoms with Crippen molar-refractivity contribution in [3.63, 3.8) is 0 Å². The number of alkyl halides is 3. The Kier molecular flexibility index (Phi) is 3.57. The van der Waals surface area contributed by atoms with Crippen LogP contribution in [0, 0.1) is 0 Å². The van der Waals surface area contributed by atoms with Crippen molar-refractivity contribution in [2.45, 2.75) is 13.1 Å². The lowest BCUT2D eigenvalue weighted by Crippen LogP contribution is -2.20. The zero-order valence-electron chi connectivity index (χ0n) is 6.02. The Labute approximate surface area is 62.9 Å². The fraction of sp³-hybridized carbons (Fsp3) is 0.286. The van der Waals surface area contributed by atoms with Gasteiger partial charge in [0.1, 0.15) is 5.71 Å². The molecule has 0 rings (SSSR count). The van der Waals surface area contributed by atoms with E-state index in [1.807, 2.05) is 0 Å². The van der Waals surface area contributed by atoms with Crippen LogP contribution in [0.5, 0.6) is 0 Å². The summed E-state index contributed by atoms with van der Waals surface area (Å²) < 4.78 is 35.6. The highest BCUT2D eigenvalue weighted by Crippen LogP contribution is 2.18. The van der Waals surface area contributed by atoms with Crippen LogP contribution in [0.25, 0.3) is 0 Å². The normalized spacial score (nSPS) is 14.0. The van der Waals surface area contributed by atoms with E-state index in [0.717, 1.165) is 12.3 Å². The Hall–Kier alpha value is -1.06. The predicted molar refractivity (Wildman–Crippen MR) is 38.5 cm³/mol. The summed E-state index contributed by atoms with van der Waals surface area (Å²) in [5.74, 6) is 0. The van der Waals surface area contributed by atoms with Gasteiger partial charge in [0.15, 0.2) is 0 Å². The van der Waals surface area contributed by atoms with Crippen molar-refractivity contribution in [1.82, 2.24) is 0 Å². The molecule has 0 aliphatic carbocycles. The van der Waals surface area contributed by atoms with Gasteiger partial charge in [-0.05, 0) is 13.0 Å². The van der Waals surface area contributed by atoms with Gasteiger partial charge in [-0.25, -0.2) is 0 Å². The first-order valence-corrected chi connectivity index (χ1v) is 2.91. The molecule has 11 heavy (non-hydrogen) atoms. The largest absolute Gasteiger partial charge is 0.433 e. The first-order valence-electron chi connectivity index (χ1n) is 2.91. The van der Waals surface area contributed by atoms with E-state index in [1.54, 1.807) is 0 Å². The van der Waals surface area contributed by atoms with E-state index in [2.05, 4.69) is 11.6 Å². The lowest BCUT2D eigenvalue weighted by atomic mass is 10.3. The summed E-state index contributed by atoms with van der Waals surface area (Å²) in [5, 5.41) is 0. The van der Waals surface area contributed by atoms with Crippen molar-refractivity contribution in [2.24, 2.45) is 4.99 Å². The summed E-state index contributed by atoms with van der Waals surface area (Å²) in [7, 11) is 0. The van der Waals surface area contributed by atoms with Crippen molar-refractivity contribution >= 4 is 5.71 Å². The lowest BCUT2D eigenvalue weighted by Gasteiger charge is -2.03. The van der Waals surface area contributed by atoms with Crippen molar-refractivity contribution in [1.29, 1.82) is 0 Å². The van der Waals surface area contributed by atoms with Crippen LogP contribution in [0.4, 0.5) is 13.2 Å². The van der Waals surface area contributed by atoms with Crippen molar-refractivity contribution in [3.05, 3.63) is 24.9 Å². The molecule has 62 valence electrons. The first-order chi connectivity index (χ1) is 5.02. The molecular weight excluding hydrogens is 155 g/mol. The smallest absolute Gasteiger partial charge is 0.252 e. The first kappa shape index (κ1) is 9.94. The average molecular weight is 163 g/mol. The topological polar surface area (TPSA) is 12.4 Å². The monoisotopic (exact) mass is 163 g/mol. The molecule has 0 bridgehead atoms. The lowest BCUT2D eigenvalue weighted by molar-refractivity contribution is -0.0576. The number of rotatable bonds is 2. The van der Waals surface area contributed by atoms with E-state index in [1.165, 1.54) is 13.0 Å². The molecule has 4 heteroatoms. The number of hydrogen-bond donors (Lipinski definition) is 0. The van der Waals surface area contributed by atoms with Gasteiger partial charge in [-0.3, -0.25) is 4.99 Å². The Bertz CT molecular complexity index is 188. The molecule has 0 radical (unpaired) electrons.